The fourth-order valence-electron chi connectivity index (χ4n) is 1.42. The first-order chi connectivity index (χ1) is 8.27. The van der Waals surface area contributed by atoms with Gasteiger partial charge in [0.05, 0.1) is 0 Å². The van der Waals surface area contributed by atoms with E-state index in [1.807, 2.05) is 55.7 Å². The van der Waals surface area contributed by atoms with Gasteiger partial charge in [0.2, 0.25) is 0 Å². The second-order valence-electron chi connectivity index (χ2n) is 3.71. The number of benzene rings is 1. The highest BCUT2D eigenvalue weighted by molar-refractivity contribution is 5.23. The van der Waals surface area contributed by atoms with Gasteiger partial charge in [0.1, 0.15) is 12.4 Å². The average molecular weight is 233 g/mol. The molecular weight excluding hydrogens is 214 g/mol. The Balaban J connectivity index is 2.63. The molecule has 0 radical (unpaired) electrons. The van der Waals surface area contributed by atoms with Crippen molar-refractivity contribution in [1.82, 2.24) is 5.48 Å². The van der Waals surface area contributed by atoms with Gasteiger partial charge in [-0.25, -0.2) is 0 Å². The molecule has 92 valence electrons. The smallest absolute Gasteiger partial charge is 0.120 e. The third-order valence-electron chi connectivity index (χ3n) is 2.30. The molecule has 0 unspecified atom stereocenters. The zero-order valence-electron chi connectivity index (χ0n) is 10.3. The second-order valence-corrected chi connectivity index (χ2v) is 3.71. The van der Waals surface area contributed by atoms with Gasteiger partial charge in [-0.05, 0) is 25.0 Å². The highest BCUT2D eigenvalue weighted by Crippen LogP contribution is 2.14. The first-order valence-corrected chi connectivity index (χ1v) is 5.71. The number of allylic oxidation sites excluding steroid dienone is 2. The fraction of sp³-hybridized carbons (Fsp3) is 0.286. The summed E-state index contributed by atoms with van der Waals surface area (Å²) in [5.41, 5.74) is 4.01. The van der Waals surface area contributed by atoms with Gasteiger partial charge in [-0.1, -0.05) is 37.3 Å². The van der Waals surface area contributed by atoms with Crippen LogP contribution in [0.2, 0.25) is 0 Å². The van der Waals surface area contributed by atoms with Gasteiger partial charge < -0.3 is 4.74 Å². The highest BCUT2D eigenvalue weighted by Gasteiger charge is 2.01. The topological polar surface area (TPSA) is 41.5 Å². The summed E-state index contributed by atoms with van der Waals surface area (Å²) in [6.07, 6.45) is 4.39. The van der Waals surface area contributed by atoms with Crippen molar-refractivity contribution in [3.63, 3.8) is 0 Å². The van der Waals surface area contributed by atoms with Crippen LogP contribution in [0, 0.1) is 0 Å². The van der Waals surface area contributed by atoms with Crippen LogP contribution in [-0.4, -0.2) is 5.21 Å². The van der Waals surface area contributed by atoms with Crippen molar-refractivity contribution in [3.05, 3.63) is 59.5 Å². The predicted molar refractivity (Wildman–Crippen MR) is 68.3 cm³/mol. The van der Waals surface area contributed by atoms with Gasteiger partial charge in [-0.15, -0.1) is 0 Å². The number of hydrogen-bond acceptors (Lipinski definition) is 3. The van der Waals surface area contributed by atoms with Crippen molar-refractivity contribution in [2.45, 2.75) is 26.9 Å². The van der Waals surface area contributed by atoms with Crippen LogP contribution in [0.15, 0.2) is 53.9 Å². The molecule has 0 aromatic heterocycles. The van der Waals surface area contributed by atoms with Crippen molar-refractivity contribution in [3.8, 4) is 0 Å². The van der Waals surface area contributed by atoms with Gasteiger partial charge in [-0.3, -0.25) is 10.7 Å². The van der Waals surface area contributed by atoms with Crippen molar-refractivity contribution < 1.29 is 9.94 Å². The SMILES string of the molecule is CC/C=C(OCc1ccccc1)\C(C)=C/NO. The molecule has 17 heavy (non-hydrogen) atoms. The summed E-state index contributed by atoms with van der Waals surface area (Å²) >= 11 is 0. The molecule has 1 aromatic carbocycles. The molecule has 3 nitrogen and oxygen atoms in total. The van der Waals surface area contributed by atoms with Crippen LogP contribution < -0.4 is 5.48 Å². The Morgan fingerprint density at radius 3 is 2.65 bits per heavy atom. The van der Waals surface area contributed by atoms with Crippen molar-refractivity contribution in [2.75, 3.05) is 0 Å². The summed E-state index contributed by atoms with van der Waals surface area (Å²) < 4.78 is 5.72. The van der Waals surface area contributed by atoms with E-state index in [0.29, 0.717) is 6.61 Å². The Hall–Kier alpha value is -1.74. The summed E-state index contributed by atoms with van der Waals surface area (Å²) in [7, 11) is 0. The van der Waals surface area contributed by atoms with Crippen molar-refractivity contribution in [2.24, 2.45) is 0 Å². The Kier molecular flexibility index (Phi) is 5.89. The van der Waals surface area contributed by atoms with E-state index in [9.17, 15) is 0 Å². The molecule has 0 atom stereocenters. The monoisotopic (exact) mass is 233 g/mol. The zero-order chi connectivity index (χ0) is 12.5. The van der Waals surface area contributed by atoms with E-state index in [4.69, 9.17) is 9.94 Å². The molecule has 0 amide bonds. The van der Waals surface area contributed by atoms with Gasteiger partial charge in [-0.2, -0.15) is 0 Å². The molecule has 2 N–H and O–H groups in total. The van der Waals surface area contributed by atoms with Gasteiger partial charge in [0.15, 0.2) is 0 Å². The lowest BCUT2D eigenvalue weighted by Gasteiger charge is -2.11. The molecule has 0 saturated carbocycles. The van der Waals surface area contributed by atoms with Crippen LogP contribution in [0.5, 0.6) is 0 Å². The summed E-state index contributed by atoms with van der Waals surface area (Å²) in [6, 6.07) is 9.99. The Morgan fingerprint density at radius 1 is 1.35 bits per heavy atom. The quantitative estimate of drug-likeness (QED) is 0.449. The molecule has 1 aromatic rings. The first-order valence-electron chi connectivity index (χ1n) is 5.71. The highest BCUT2D eigenvalue weighted by atomic mass is 16.5. The molecule has 0 fully saturated rings. The van der Waals surface area contributed by atoms with Crippen LogP contribution in [0.25, 0.3) is 0 Å². The van der Waals surface area contributed by atoms with Gasteiger partial charge >= 0.3 is 0 Å². The van der Waals surface area contributed by atoms with E-state index >= 15 is 0 Å². The third-order valence-corrected chi connectivity index (χ3v) is 2.30. The van der Waals surface area contributed by atoms with E-state index in [1.165, 1.54) is 6.20 Å². The van der Waals surface area contributed by atoms with Crippen LogP contribution >= 0.6 is 0 Å². The summed E-state index contributed by atoms with van der Waals surface area (Å²) in [6.45, 7) is 4.46. The lowest BCUT2D eigenvalue weighted by atomic mass is 10.2. The maximum absolute atomic E-state index is 8.63. The Bertz CT molecular complexity index is 382. The first kappa shape index (κ1) is 13.3. The third kappa shape index (κ3) is 4.74. The van der Waals surface area contributed by atoms with E-state index in [0.717, 1.165) is 23.3 Å². The largest absolute Gasteiger partial charge is 0.489 e. The number of ether oxygens (including phenoxy) is 1. The van der Waals surface area contributed by atoms with E-state index in [2.05, 4.69) is 0 Å². The minimum atomic E-state index is 0.531. The van der Waals surface area contributed by atoms with Gasteiger partial charge in [0, 0.05) is 11.8 Å². The summed E-state index contributed by atoms with van der Waals surface area (Å²) in [4.78, 5) is 0. The molecule has 0 heterocycles. The molecule has 3 heteroatoms. The summed E-state index contributed by atoms with van der Waals surface area (Å²) in [5, 5.41) is 8.63. The number of hydroxylamine groups is 1. The van der Waals surface area contributed by atoms with Crippen molar-refractivity contribution in [1.29, 1.82) is 0 Å². The number of nitrogens with one attached hydrogen (secondary N) is 1. The zero-order valence-corrected chi connectivity index (χ0v) is 10.3. The molecule has 1 rings (SSSR count). The standard InChI is InChI=1S/C14H19NO2/c1-3-7-14(12(2)10-15-16)17-11-13-8-5-4-6-9-13/h4-10,15-16H,3,11H2,1-2H3/b12-10-,14-7+. The maximum Gasteiger partial charge on any atom is 0.120 e. The molecule has 0 aliphatic heterocycles. The number of rotatable bonds is 6. The Labute approximate surface area is 102 Å². The molecular formula is C14H19NO2. The van der Waals surface area contributed by atoms with Crippen LogP contribution in [-0.2, 0) is 11.3 Å². The lowest BCUT2D eigenvalue weighted by Crippen LogP contribution is -2.01. The van der Waals surface area contributed by atoms with Gasteiger partial charge in [0.25, 0.3) is 0 Å². The summed E-state index contributed by atoms with van der Waals surface area (Å²) in [5.74, 6) is 0.790. The fourth-order valence-corrected chi connectivity index (χ4v) is 1.42. The number of hydrogen-bond donors (Lipinski definition) is 2. The maximum atomic E-state index is 8.63. The molecule has 0 saturated heterocycles. The predicted octanol–water partition coefficient (Wildman–Crippen LogP) is 3.38. The van der Waals surface area contributed by atoms with E-state index in [1.54, 1.807) is 0 Å². The van der Waals surface area contributed by atoms with E-state index < -0.39 is 0 Å². The average Bonchev–Trinajstić information content (AvgIpc) is 2.36. The molecule has 0 spiro atoms. The minimum Gasteiger partial charge on any atom is -0.489 e. The minimum absolute atomic E-state index is 0.531. The molecule has 0 aliphatic carbocycles. The van der Waals surface area contributed by atoms with Crippen molar-refractivity contribution >= 4 is 0 Å². The van der Waals surface area contributed by atoms with E-state index in [-0.39, 0.29) is 0 Å². The lowest BCUT2D eigenvalue weighted by molar-refractivity contribution is 0.197. The normalized spacial score (nSPS) is 12.4. The molecule has 0 bridgehead atoms. The molecule has 0 aliphatic rings. The Morgan fingerprint density at radius 2 is 2.06 bits per heavy atom. The van der Waals surface area contributed by atoms with Crippen LogP contribution in [0.3, 0.4) is 0 Å². The van der Waals surface area contributed by atoms with Crippen LogP contribution in [0.1, 0.15) is 25.8 Å². The second kappa shape index (κ2) is 7.52. The van der Waals surface area contributed by atoms with Crippen LogP contribution in [0.4, 0.5) is 0 Å².